The van der Waals surface area contributed by atoms with Crippen molar-refractivity contribution in [2.75, 3.05) is 13.6 Å². The Balaban J connectivity index is 2.02. The SMILES string of the molecule is CNCCC(c1ccccc1)c1ccc2[nH]nc(Cl)c2c1. The molecule has 1 heterocycles. The van der Waals surface area contributed by atoms with E-state index in [0.29, 0.717) is 11.1 Å². The molecule has 0 amide bonds. The van der Waals surface area contributed by atoms with Crippen LogP contribution in [0.5, 0.6) is 0 Å². The summed E-state index contributed by atoms with van der Waals surface area (Å²) < 4.78 is 0. The second kappa shape index (κ2) is 6.29. The van der Waals surface area contributed by atoms with E-state index in [9.17, 15) is 0 Å². The number of hydrogen-bond acceptors (Lipinski definition) is 2. The van der Waals surface area contributed by atoms with Gasteiger partial charge in [-0.15, -0.1) is 0 Å². The van der Waals surface area contributed by atoms with E-state index < -0.39 is 0 Å². The van der Waals surface area contributed by atoms with Gasteiger partial charge in [-0.05, 0) is 43.3 Å². The van der Waals surface area contributed by atoms with Gasteiger partial charge in [-0.2, -0.15) is 5.10 Å². The molecule has 1 aromatic heterocycles. The van der Waals surface area contributed by atoms with Crippen molar-refractivity contribution in [3.63, 3.8) is 0 Å². The minimum Gasteiger partial charge on any atom is -0.320 e. The van der Waals surface area contributed by atoms with Gasteiger partial charge >= 0.3 is 0 Å². The third-order valence-electron chi connectivity index (χ3n) is 3.83. The molecule has 1 atom stereocenters. The smallest absolute Gasteiger partial charge is 0.158 e. The van der Waals surface area contributed by atoms with Crippen LogP contribution in [0.4, 0.5) is 0 Å². The Morgan fingerprint density at radius 1 is 1.14 bits per heavy atom. The molecular weight excluding hydrogens is 282 g/mol. The second-order valence-corrected chi connectivity index (χ2v) is 5.53. The molecule has 3 rings (SSSR count). The number of H-pyrrole nitrogens is 1. The summed E-state index contributed by atoms with van der Waals surface area (Å²) in [4.78, 5) is 0. The third kappa shape index (κ3) is 2.94. The van der Waals surface area contributed by atoms with Crippen LogP contribution in [-0.2, 0) is 0 Å². The van der Waals surface area contributed by atoms with E-state index in [1.165, 1.54) is 11.1 Å². The molecule has 3 aromatic rings. The zero-order chi connectivity index (χ0) is 14.7. The molecule has 0 fully saturated rings. The molecule has 0 aliphatic carbocycles. The van der Waals surface area contributed by atoms with Crippen LogP contribution < -0.4 is 5.32 Å². The summed E-state index contributed by atoms with van der Waals surface area (Å²) in [6, 6.07) is 16.9. The van der Waals surface area contributed by atoms with Gasteiger partial charge in [0.25, 0.3) is 0 Å². The van der Waals surface area contributed by atoms with Crippen molar-refractivity contribution in [1.29, 1.82) is 0 Å². The summed E-state index contributed by atoms with van der Waals surface area (Å²) in [7, 11) is 1.98. The highest BCUT2D eigenvalue weighted by molar-refractivity contribution is 6.34. The number of rotatable bonds is 5. The van der Waals surface area contributed by atoms with Crippen LogP contribution in [-0.4, -0.2) is 23.8 Å². The van der Waals surface area contributed by atoms with E-state index in [0.717, 1.165) is 23.9 Å². The lowest BCUT2D eigenvalue weighted by molar-refractivity contribution is 0.662. The molecule has 21 heavy (non-hydrogen) atoms. The van der Waals surface area contributed by atoms with Gasteiger partial charge in [-0.25, -0.2) is 0 Å². The van der Waals surface area contributed by atoms with E-state index in [1.54, 1.807) is 0 Å². The Kier molecular flexibility index (Phi) is 4.23. The molecule has 0 radical (unpaired) electrons. The monoisotopic (exact) mass is 299 g/mol. The van der Waals surface area contributed by atoms with Crippen molar-refractivity contribution in [2.45, 2.75) is 12.3 Å². The van der Waals surface area contributed by atoms with Crippen molar-refractivity contribution in [3.8, 4) is 0 Å². The van der Waals surface area contributed by atoms with Gasteiger partial charge in [0.05, 0.1) is 5.52 Å². The Morgan fingerprint density at radius 2 is 1.95 bits per heavy atom. The summed E-state index contributed by atoms with van der Waals surface area (Å²) in [6.07, 6.45) is 1.04. The Hall–Kier alpha value is -1.84. The minimum absolute atomic E-state index is 0.356. The summed E-state index contributed by atoms with van der Waals surface area (Å²) in [5, 5.41) is 11.8. The quantitative estimate of drug-likeness (QED) is 0.749. The second-order valence-electron chi connectivity index (χ2n) is 5.17. The van der Waals surface area contributed by atoms with E-state index >= 15 is 0 Å². The lowest BCUT2D eigenvalue weighted by atomic mass is 9.88. The van der Waals surface area contributed by atoms with Gasteiger partial charge < -0.3 is 5.32 Å². The van der Waals surface area contributed by atoms with E-state index in [1.807, 2.05) is 7.05 Å². The van der Waals surface area contributed by atoms with Crippen LogP contribution in [0.1, 0.15) is 23.5 Å². The van der Waals surface area contributed by atoms with Gasteiger partial charge in [0.15, 0.2) is 5.15 Å². The lowest BCUT2D eigenvalue weighted by Gasteiger charge is -2.18. The molecule has 0 saturated heterocycles. The molecule has 0 spiro atoms. The highest BCUT2D eigenvalue weighted by Crippen LogP contribution is 2.31. The predicted molar refractivity (Wildman–Crippen MR) is 87.9 cm³/mol. The van der Waals surface area contributed by atoms with Gasteiger partial charge in [-0.3, -0.25) is 5.10 Å². The maximum Gasteiger partial charge on any atom is 0.158 e. The number of nitrogens with one attached hydrogen (secondary N) is 2. The number of hydrogen-bond donors (Lipinski definition) is 2. The molecule has 2 N–H and O–H groups in total. The van der Waals surface area contributed by atoms with E-state index in [2.05, 4.69) is 64.0 Å². The molecule has 108 valence electrons. The highest BCUT2D eigenvalue weighted by atomic mass is 35.5. The van der Waals surface area contributed by atoms with Crippen molar-refractivity contribution in [1.82, 2.24) is 15.5 Å². The number of aromatic nitrogens is 2. The largest absolute Gasteiger partial charge is 0.320 e. The summed E-state index contributed by atoms with van der Waals surface area (Å²) in [6.45, 7) is 0.969. The first-order valence-corrected chi connectivity index (χ1v) is 7.50. The number of nitrogens with zero attached hydrogens (tertiary/aromatic N) is 1. The van der Waals surface area contributed by atoms with Crippen LogP contribution in [0.25, 0.3) is 10.9 Å². The predicted octanol–water partition coefficient (Wildman–Crippen LogP) is 3.96. The topological polar surface area (TPSA) is 40.7 Å². The fraction of sp³-hybridized carbons (Fsp3) is 0.235. The van der Waals surface area contributed by atoms with Crippen molar-refractivity contribution < 1.29 is 0 Å². The number of halogens is 1. The zero-order valence-corrected chi connectivity index (χ0v) is 12.7. The molecule has 2 aromatic carbocycles. The lowest BCUT2D eigenvalue weighted by Crippen LogP contribution is -2.13. The Bertz CT molecular complexity index is 721. The molecule has 0 saturated carbocycles. The standard InChI is InChI=1S/C17H18ClN3/c1-19-10-9-14(12-5-3-2-4-6-12)13-7-8-16-15(11-13)17(18)21-20-16/h2-8,11,14,19H,9-10H2,1H3,(H,20,21). The van der Waals surface area contributed by atoms with E-state index in [4.69, 9.17) is 11.6 Å². The maximum atomic E-state index is 6.14. The molecule has 3 nitrogen and oxygen atoms in total. The van der Waals surface area contributed by atoms with Crippen LogP contribution in [0.15, 0.2) is 48.5 Å². The first kappa shape index (κ1) is 14.1. The first-order valence-electron chi connectivity index (χ1n) is 7.12. The van der Waals surface area contributed by atoms with Crippen LogP contribution in [0, 0.1) is 0 Å². The van der Waals surface area contributed by atoms with Gasteiger partial charge in [0.2, 0.25) is 0 Å². The summed E-state index contributed by atoms with van der Waals surface area (Å²) in [5.74, 6) is 0.356. The average Bonchev–Trinajstić information content (AvgIpc) is 2.90. The highest BCUT2D eigenvalue weighted by Gasteiger charge is 2.15. The minimum atomic E-state index is 0.356. The first-order chi connectivity index (χ1) is 10.3. The zero-order valence-electron chi connectivity index (χ0n) is 11.9. The number of fused-ring (bicyclic) bond motifs is 1. The van der Waals surface area contributed by atoms with Gasteiger partial charge in [0.1, 0.15) is 0 Å². The number of benzene rings is 2. The van der Waals surface area contributed by atoms with Crippen molar-refractivity contribution in [2.24, 2.45) is 0 Å². The van der Waals surface area contributed by atoms with Crippen molar-refractivity contribution >= 4 is 22.5 Å². The molecule has 0 aliphatic heterocycles. The number of aromatic amines is 1. The molecular formula is C17H18ClN3. The van der Waals surface area contributed by atoms with Crippen molar-refractivity contribution in [3.05, 3.63) is 64.8 Å². The van der Waals surface area contributed by atoms with E-state index in [-0.39, 0.29) is 0 Å². The Morgan fingerprint density at radius 3 is 2.71 bits per heavy atom. The summed E-state index contributed by atoms with van der Waals surface area (Å²) >= 11 is 6.14. The molecule has 1 unspecified atom stereocenters. The van der Waals surface area contributed by atoms with Gasteiger partial charge in [-0.1, -0.05) is 48.0 Å². The van der Waals surface area contributed by atoms with Crippen LogP contribution >= 0.6 is 11.6 Å². The van der Waals surface area contributed by atoms with Crippen LogP contribution in [0.2, 0.25) is 5.15 Å². The molecule has 4 heteroatoms. The summed E-state index contributed by atoms with van der Waals surface area (Å²) in [5.41, 5.74) is 3.57. The fourth-order valence-corrected chi connectivity index (χ4v) is 2.91. The molecule has 0 aliphatic rings. The fourth-order valence-electron chi connectivity index (χ4n) is 2.72. The maximum absolute atomic E-state index is 6.14. The van der Waals surface area contributed by atoms with Crippen LogP contribution in [0.3, 0.4) is 0 Å². The average molecular weight is 300 g/mol. The molecule has 0 bridgehead atoms. The normalized spacial score (nSPS) is 12.7. The van der Waals surface area contributed by atoms with Gasteiger partial charge in [0, 0.05) is 11.3 Å². The third-order valence-corrected chi connectivity index (χ3v) is 4.12. The Labute approximate surface area is 129 Å².